The van der Waals surface area contributed by atoms with Crippen molar-refractivity contribution in [3.05, 3.63) is 133 Å². The van der Waals surface area contributed by atoms with Gasteiger partial charge in [-0.1, -0.05) is 85.6 Å². The van der Waals surface area contributed by atoms with Crippen LogP contribution in [0.3, 0.4) is 0 Å². The van der Waals surface area contributed by atoms with Crippen molar-refractivity contribution in [3.8, 4) is 5.75 Å². The van der Waals surface area contributed by atoms with Crippen LogP contribution in [0.4, 0.5) is 0 Å². The van der Waals surface area contributed by atoms with E-state index >= 15 is 0 Å². The molecule has 5 aromatic carbocycles. The number of aliphatic hydroxyl groups is 1. The molecule has 0 aliphatic rings. The number of rotatable bonds is 10. The number of benzene rings is 5. The van der Waals surface area contributed by atoms with Crippen LogP contribution in [0.1, 0.15) is 36.0 Å². The van der Waals surface area contributed by atoms with E-state index in [1.807, 2.05) is 60.7 Å². The Balaban J connectivity index is 0.920. The van der Waals surface area contributed by atoms with E-state index < -0.39 is 0 Å². The summed E-state index contributed by atoms with van der Waals surface area (Å²) in [4.78, 5) is 13.3. The number of aryl methyl sites for hydroxylation is 1. The standard InChI is InChI=1S/C39H34N2O3/c42-38(27-39(43)41-36-19-9-5-15-32(36)33-16-6-10-20-37(33)41)28-21-23-29(24-22-28)44-26-12-2-1-11-25-40-34-17-7-3-13-30(34)31-14-4-8-18-35(31)40/h3-10,13-24,27,42H,1-2,11-12,25-26H2/b38-27-. The molecule has 0 aliphatic carbocycles. The maximum absolute atomic E-state index is 13.3. The molecular formula is C39H34N2O3. The van der Waals surface area contributed by atoms with Crippen molar-refractivity contribution in [2.45, 2.75) is 32.2 Å². The van der Waals surface area contributed by atoms with Crippen molar-refractivity contribution < 1.29 is 14.6 Å². The van der Waals surface area contributed by atoms with Gasteiger partial charge in [0.1, 0.15) is 11.5 Å². The summed E-state index contributed by atoms with van der Waals surface area (Å²) in [6.45, 7) is 1.65. The van der Waals surface area contributed by atoms with E-state index in [0.717, 1.165) is 59.8 Å². The van der Waals surface area contributed by atoms with Gasteiger partial charge < -0.3 is 14.4 Å². The molecule has 0 atom stereocenters. The molecule has 2 heterocycles. The molecule has 1 N–H and O–H groups in total. The fraction of sp³-hybridized carbons (Fsp3) is 0.154. The molecule has 5 nitrogen and oxygen atoms in total. The van der Waals surface area contributed by atoms with Crippen LogP contribution in [-0.4, -0.2) is 26.8 Å². The minimum Gasteiger partial charge on any atom is -0.507 e. The molecule has 0 saturated carbocycles. The van der Waals surface area contributed by atoms with Crippen molar-refractivity contribution in [3.63, 3.8) is 0 Å². The fourth-order valence-electron chi connectivity index (χ4n) is 6.31. The minimum absolute atomic E-state index is 0.0772. The number of para-hydroxylation sites is 4. The fourth-order valence-corrected chi connectivity index (χ4v) is 6.31. The van der Waals surface area contributed by atoms with Crippen LogP contribution in [-0.2, 0) is 6.54 Å². The van der Waals surface area contributed by atoms with Crippen molar-refractivity contribution in [1.82, 2.24) is 9.13 Å². The lowest BCUT2D eigenvalue weighted by atomic mass is 10.1. The Hall–Kier alpha value is -5.29. The Morgan fingerprint density at radius 2 is 1.07 bits per heavy atom. The molecule has 218 valence electrons. The number of fused-ring (bicyclic) bond motifs is 6. The maximum Gasteiger partial charge on any atom is 0.259 e. The quantitative estimate of drug-likeness (QED) is 0.0998. The number of ether oxygens (including phenoxy) is 1. The first kappa shape index (κ1) is 27.5. The summed E-state index contributed by atoms with van der Waals surface area (Å²) in [5.74, 6) is 0.380. The second-order valence-corrected chi connectivity index (χ2v) is 11.2. The lowest BCUT2D eigenvalue weighted by Gasteiger charge is -2.09. The molecule has 7 aromatic rings. The third-order valence-corrected chi connectivity index (χ3v) is 8.44. The van der Waals surface area contributed by atoms with Gasteiger partial charge in [0, 0.05) is 50.8 Å². The Morgan fingerprint density at radius 1 is 0.591 bits per heavy atom. The Morgan fingerprint density at radius 3 is 1.64 bits per heavy atom. The van der Waals surface area contributed by atoms with Gasteiger partial charge in [0.05, 0.1) is 17.6 Å². The highest BCUT2D eigenvalue weighted by molar-refractivity contribution is 6.15. The molecular weight excluding hydrogens is 544 g/mol. The molecule has 0 aliphatic heterocycles. The maximum atomic E-state index is 13.3. The molecule has 5 heteroatoms. The Bertz CT molecular complexity index is 2030. The van der Waals surface area contributed by atoms with Crippen LogP contribution in [0.5, 0.6) is 5.75 Å². The minimum atomic E-state index is -0.293. The van der Waals surface area contributed by atoms with E-state index in [2.05, 4.69) is 53.1 Å². The first-order valence-corrected chi connectivity index (χ1v) is 15.3. The summed E-state index contributed by atoms with van der Waals surface area (Å²) in [6.07, 6.45) is 5.63. The Labute approximate surface area is 256 Å². The average molecular weight is 579 g/mol. The third kappa shape index (κ3) is 5.22. The molecule has 2 aromatic heterocycles. The number of hydrogen-bond acceptors (Lipinski definition) is 3. The zero-order valence-electron chi connectivity index (χ0n) is 24.5. The van der Waals surface area contributed by atoms with Crippen LogP contribution in [0.15, 0.2) is 127 Å². The molecule has 0 amide bonds. The van der Waals surface area contributed by atoms with Crippen molar-refractivity contribution in [2.24, 2.45) is 0 Å². The smallest absolute Gasteiger partial charge is 0.259 e. The van der Waals surface area contributed by atoms with Crippen LogP contribution < -0.4 is 4.74 Å². The number of carbonyl (C=O) groups is 1. The molecule has 0 saturated heterocycles. The second-order valence-electron chi connectivity index (χ2n) is 11.2. The van der Waals surface area contributed by atoms with Crippen LogP contribution in [0.2, 0.25) is 0 Å². The van der Waals surface area contributed by atoms with E-state index in [4.69, 9.17) is 4.74 Å². The zero-order chi connectivity index (χ0) is 29.9. The number of carbonyl (C=O) groups excluding carboxylic acids is 1. The third-order valence-electron chi connectivity index (χ3n) is 8.44. The van der Waals surface area contributed by atoms with Gasteiger partial charge in [0.2, 0.25) is 0 Å². The van der Waals surface area contributed by atoms with Gasteiger partial charge in [-0.3, -0.25) is 9.36 Å². The van der Waals surface area contributed by atoms with Gasteiger partial charge in [0.15, 0.2) is 0 Å². The molecule has 44 heavy (non-hydrogen) atoms. The number of unbranched alkanes of at least 4 members (excludes halogenated alkanes) is 3. The lowest BCUT2D eigenvalue weighted by molar-refractivity contribution is 0.0977. The summed E-state index contributed by atoms with van der Waals surface area (Å²) in [7, 11) is 0. The normalized spacial score (nSPS) is 12.0. The van der Waals surface area contributed by atoms with Crippen LogP contribution in [0, 0.1) is 0 Å². The predicted molar refractivity (Wildman–Crippen MR) is 181 cm³/mol. The van der Waals surface area contributed by atoms with Gasteiger partial charge >= 0.3 is 0 Å². The van der Waals surface area contributed by atoms with Crippen molar-refractivity contribution >= 4 is 55.3 Å². The van der Waals surface area contributed by atoms with E-state index in [1.165, 1.54) is 27.9 Å². The highest BCUT2D eigenvalue weighted by Gasteiger charge is 2.15. The van der Waals surface area contributed by atoms with E-state index in [9.17, 15) is 9.90 Å². The first-order valence-electron chi connectivity index (χ1n) is 15.3. The molecule has 0 fully saturated rings. The average Bonchev–Trinajstić information content (AvgIpc) is 3.57. The number of hydrogen-bond donors (Lipinski definition) is 1. The van der Waals surface area contributed by atoms with E-state index in [1.54, 1.807) is 16.7 Å². The predicted octanol–water partition coefficient (Wildman–Crippen LogP) is 9.78. The largest absolute Gasteiger partial charge is 0.507 e. The summed E-state index contributed by atoms with van der Waals surface area (Å²) in [6, 6.07) is 40.2. The zero-order valence-corrected chi connectivity index (χ0v) is 24.5. The summed E-state index contributed by atoms with van der Waals surface area (Å²) in [5, 5.41) is 15.4. The summed E-state index contributed by atoms with van der Waals surface area (Å²) >= 11 is 0. The van der Waals surface area contributed by atoms with Gasteiger partial charge in [-0.2, -0.15) is 0 Å². The van der Waals surface area contributed by atoms with Crippen LogP contribution >= 0.6 is 0 Å². The number of aliphatic hydroxyl groups excluding tert-OH is 1. The van der Waals surface area contributed by atoms with Gasteiger partial charge in [-0.05, 0) is 61.4 Å². The van der Waals surface area contributed by atoms with Gasteiger partial charge in [-0.15, -0.1) is 0 Å². The summed E-state index contributed by atoms with van der Waals surface area (Å²) < 4.78 is 10.1. The molecule has 7 rings (SSSR count). The lowest BCUT2D eigenvalue weighted by Crippen LogP contribution is -2.07. The Kier molecular flexibility index (Phi) is 7.60. The number of nitrogens with zero attached hydrogens (tertiary/aromatic N) is 2. The van der Waals surface area contributed by atoms with Gasteiger partial charge in [0.25, 0.3) is 5.91 Å². The highest BCUT2D eigenvalue weighted by Crippen LogP contribution is 2.30. The van der Waals surface area contributed by atoms with Crippen LogP contribution in [0.25, 0.3) is 49.4 Å². The molecule has 0 spiro atoms. The van der Waals surface area contributed by atoms with Crippen molar-refractivity contribution in [2.75, 3.05) is 6.61 Å². The second kappa shape index (κ2) is 12.1. The summed E-state index contributed by atoms with van der Waals surface area (Å²) in [5.41, 5.74) is 4.81. The topological polar surface area (TPSA) is 56.4 Å². The SMILES string of the molecule is O=C(/C=C(\O)c1ccc(OCCCCCCn2c3ccccc3c3ccccc32)cc1)n1c2ccccc2c2ccccc21. The molecule has 0 unspecified atom stereocenters. The van der Waals surface area contributed by atoms with Crippen molar-refractivity contribution in [1.29, 1.82) is 0 Å². The molecule has 0 radical (unpaired) electrons. The monoisotopic (exact) mass is 578 g/mol. The number of aromatic nitrogens is 2. The van der Waals surface area contributed by atoms with E-state index in [0.29, 0.717) is 12.2 Å². The van der Waals surface area contributed by atoms with Gasteiger partial charge in [-0.25, -0.2) is 0 Å². The number of allylic oxidation sites excluding steroid dienone is 1. The van der Waals surface area contributed by atoms with E-state index in [-0.39, 0.29) is 11.7 Å². The highest BCUT2D eigenvalue weighted by atomic mass is 16.5. The first-order chi connectivity index (χ1) is 21.7. The molecule has 0 bridgehead atoms.